The van der Waals surface area contributed by atoms with Crippen LogP contribution in [-0.4, -0.2) is 31.0 Å². The lowest BCUT2D eigenvalue weighted by Gasteiger charge is -2.31. The third kappa shape index (κ3) is 4.05. The number of halogens is 3. The molecule has 0 aliphatic heterocycles. The van der Waals surface area contributed by atoms with E-state index < -0.39 is 29.3 Å². The number of nitrogens with one attached hydrogen (secondary N) is 1. The summed E-state index contributed by atoms with van der Waals surface area (Å²) < 4.78 is 41.6. The van der Waals surface area contributed by atoms with Gasteiger partial charge in [-0.3, -0.25) is 4.79 Å². The molecular formula is C20H23F3N4O. The standard InChI is InChI=1S/C20H23F3N4O/c1-27(2)13-7-8-25-16(9-13)26-12-5-3-11(4-6-12)17-14(20(24)28)10-15(21)18(22)19(17)23/h7-12H,3-6H2,1-2H3,(H2,24,28)(H,25,26). The quantitative estimate of drug-likeness (QED) is 0.760. The third-order valence-corrected chi connectivity index (χ3v) is 5.21. The molecule has 1 aromatic heterocycles. The van der Waals surface area contributed by atoms with Gasteiger partial charge in [-0.05, 0) is 43.7 Å². The first-order valence-electron chi connectivity index (χ1n) is 9.15. The zero-order valence-electron chi connectivity index (χ0n) is 15.8. The fourth-order valence-electron chi connectivity index (χ4n) is 3.72. The summed E-state index contributed by atoms with van der Waals surface area (Å²) in [7, 11) is 3.88. The largest absolute Gasteiger partial charge is 0.378 e. The van der Waals surface area contributed by atoms with Crippen molar-refractivity contribution in [1.82, 2.24) is 4.98 Å². The van der Waals surface area contributed by atoms with E-state index in [1.165, 1.54) is 0 Å². The number of aromatic nitrogens is 1. The van der Waals surface area contributed by atoms with Gasteiger partial charge in [-0.2, -0.15) is 0 Å². The van der Waals surface area contributed by atoms with Gasteiger partial charge in [-0.15, -0.1) is 0 Å². The number of carbonyl (C=O) groups excluding carboxylic acids is 1. The number of hydrogen-bond acceptors (Lipinski definition) is 4. The van der Waals surface area contributed by atoms with Gasteiger partial charge >= 0.3 is 0 Å². The van der Waals surface area contributed by atoms with E-state index >= 15 is 0 Å². The van der Waals surface area contributed by atoms with Crippen molar-refractivity contribution < 1.29 is 18.0 Å². The summed E-state index contributed by atoms with van der Waals surface area (Å²) in [4.78, 5) is 17.9. The van der Waals surface area contributed by atoms with Crippen molar-refractivity contribution >= 4 is 17.4 Å². The van der Waals surface area contributed by atoms with Crippen LogP contribution in [0.1, 0.15) is 47.5 Å². The predicted molar refractivity (Wildman–Crippen MR) is 102 cm³/mol. The Morgan fingerprint density at radius 1 is 1.14 bits per heavy atom. The topological polar surface area (TPSA) is 71.2 Å². The van der Waals surface area contributed by atoms with Crippen molar-refractivity contribution in [2.45, 2.75) is 37.6 Å². The number of benzene rings is 1. The van der Waals surface area contributed by atoms with Crippen molar-refractivity contribution in [3.05, 3.63) is 53.0 Å². The summed E-state index contributed by atoms with van der Waals surface area (Å²) in [6.45, 7) is 0. The molecule has 0 bridgehead atoms. The van der Waals surface area contributed by atoms with Crippen molar-refractivity contribution in [2.75, 3.05) is 24.3 Å². The third-order valence-electron chi connectivity index (χ3n) is 5.21. The summed E-state index contributed by atoms with van der Waals surface area (Å²) >= 11 is 0. The van der Waals surface area contributed by atoms with Crippen LogP contribution in [-0.2, 0) is 0 Å². The number of hydrogen-bond donors (Lipinski definition) is 2. The van der Waals surface area contributed by atoms with Gasteiger partial charge in [0.25, 0.3) is 0 Å². The van der Waals surface area contributed by atoms with Gasteiger partial charge in [0.2, 0.25) is 5.91 Å². The van der Waals surface area contributed by atoms with Gasteiger partial charge in [0.15, 0.2) is 17.5 Å². The van der Waals surface area contributed by atoms with Gasteiger partial charge in [0.05, 0.1) is 0 Å². The Balaban J connectivity index is 1.73. The van der Waals surface area contributed by atoms with Gasteiger partial charge in [0.1, 0.15) is 5.82 Å². The van der Waals surface area contributed by atoms with Crippen LogP contribution in [0, 0.1) is 17.5 Å². The summed E-state index contributed by atoms with van der Waals surface area (Å²) in [5.41, 5.74) is 5.88. The fourth-order valence-corrected chi connectivity index (χ4v) is 3.72. The normalized spacial score (nSPS) is 19.3. The van der Waals surface area contributed by atoms with Gasteiger partial charge in [0, 0.05) is 49.2 Å². The minimum Gasteiger partial charge on any atom is -0.378 e. The van der Waals surface area contributed by atoms with E-state index in [2.05, 4.69) is 10.3 Å². The summed E-state index contributed by atoms with van der Waals surface area (Å²) in [5.74, 6) is -4.89. The molecule has 1 fully saturated rings. The molecule has 5 nitrogen and oxygen atoms in total. The van der Waals surface area contributed by atoms with E-state index in [-0.39, 0.29) is 17.2 Å². The summed E-state index contributed by atoms with van der Waals surface area (Å²) in [6, 6.07) is 4.65. The minimum atomic E-state index is -1.56. The van der Waals surface area contributed by atoms with Crippen molar-refractivity contribution in [3.8, 4) is 0 Å². The molecular weight excluding hydrogens is 369 g/mol. The molecule has 1 amide bonds. The van der Waals surface area contributed by atoms with Crippen LogP contribution in [0.2, 0.25) is 0 Å². The van der Waals surface area contributed by atoms with Crippen molar-refractivity contribution in [1.29, 1.82) is 0 Å². The highest BCUT2D eigenvalue weighted by Crippen LogP contribution is 2.38. The molecule has 0 radical (unpaired) electrons. The van der Waals surface area contributed by atoms with Gasteiger partial charge < -0.3 is 16.0 Å². The summed E-state index contributed by atoms with van der Waals surface area (Å²) in [5, 5.41) is 3.36. The van der Waals surface area contributed by atoms with Crippen LogP contribution in [0.4, 0.5) is 24.7 Å². The zero-order chi connectivity index (χ0) is 20.4. The second-order valence-electron chi connectivity index (χ2n) is 7.30. The molecule has 3 N–H and O–H groups in total. The lowest BCUT2D eigenvalue weighted by atomic mass is 9.79. The Kier molecular flexibility index (Phi) is 5.76. The van der Waals surface area contributed by atoms with E-state index in [0.29, 0.717) is 31.7 Å². The number of carbonyl (C=O) groups is 1. The molecule has 0 atom stereocenters. The van der Waals surface area contributed by atoms with E-state index in [1.807, 2.05) is 31.1 Å². The highest BCUT2D eigenvalue weighted by molar-refractivity contribution is 5.94. The number of amides is 1. The number of primary amides is 1. The van der Waals surface area contributed by atoms with Crippen LogP contribution in [0.15, 0.2) is 24.4 Å². The second-order valence-corrected chi connectivity index (χ2v) is 7.30. The Morgan fingerprint density at radius 3 is 2.43 bits per heavy atom. The van der Waals surface area contributed by atoms with E-state index in [0.717, 1.165) is 11.5 Å². The first kappa shape index (κ1) is 20.0. The van der Waals surface area contributed by atoms with Crippen LogP contribution < -0.4 is 16.0 Å². The fraction of sp³-hybridized carbons (Fsp3) is 0.400. The van der Waals surface area contributed by atoms with Crippen molar-refractivity contribution in [3.63, 3.8) is 0 Å². The zero-order valence-corrected chi connectivity index (χ0v) is 15.8. The second kappa shape index (κ2) is 8.08. The molecule has 0 unspecified atom stereocenters. The molecule has 150 valence electrons. The molecule has 2 aromatic rings. The Labute approximate surface area is 161 Å². The smallest absolute Gasteiger partial charge is 0.249 e. The molecule has 1 aromatic carbocycles. The molecule has 1 heterocycles. The van der Waals surface area contributed by atoms with Crippen molar-refractivity contribution in [2.24, 2.45) is 5.73 Å². The average molecular weight is 392 g/mol. The number of nitrogens with zero attached hydrogens (tertiary/aromatic N) is 2. The Bertz CT molecular complexity index is 880. The molecule has 3 rings (SSSR count). The van der Waals surface area contributed by atoms with E-state index in [4.69, 9.17) is 5.73 Å². The Hall–Kier alpha value is -2.77. The van der Waals surface area contributed by atoms with E-state index in [1.54, 1.807) is 6.20 Å². The highest BCUT2D eigenvalue weighted by atomic mass is 19.2. The first-order valence-corrected chi connectivity index (χ1v) is 9.15. The maximum atomic E-state index is 14.4. The molecule has 1 aliphatic rings. The molecule has 1 saturated carbocycles. The maximum Gasteiger partial charge on any atom is 0.249 e. The highest BCUT2D eigenvalue weighted by Gasteiger charge is 2.30. The van der Waals surface area contributed by atoms with Crippen LogP contribution in [0.25, 0.3) is 0 Å². The van der Waals surface area contributed by atoms with Crippen LogP contribution in [0.5, 0.6) is 0 Å². The first-order chi connectivity index (χ1) is 13.3. The number of anilines is 2. The summed E-state index contributed by atoms with van der Waals surface area (Å²) in [6.07, 6.45) is 4.12. The average Bonchev–Trinajstić information content (AvgIpc) is 2.67. The molecule has 8 heteroatoms. The molecule has 0 spiro atoms. The SMILES string of the molecule is CN(C)c1ccnc(NC2CCC(c3c(C(N)=O)cc(F)c(F)c3F)CC2)c1. The molecule has 28 heavy (non-hydrogen) atoms. The monoisotopic (exact) mass is 392 g/mol. The maximum absolute atomic E-state index is 14.4. The lowest BCUT2D eigenvalue weighted by Crippen LogP contribution is -2.28. The Morgan fingerprint density at radius 2 is 1.82 bits per heavy atom. The van der Waals surface area contributed by atoms with Crippen LogP contribution >= 0.6 is 0 Å². The minimum absolute atomic E-state index is 0.113. The van der Waals surface area contributed by atoms with E-state index in [9.17, 15) is 18.0 Å². The predicted octanol–water partition coefficient (Wildman–Crippen LogP) is 3.80. The molecule has 0 saturated heterocycles. The van der Waals surface area contributed by atoms with Crippen LogP contribution in [0.3, 0.4) is 0 Å². The lowest BCUT2D eigenvalue weighted by molar-refractivity contribution is 0.0997. The van der Waals surface area contributed by atoms with Gasteiger partial charge in [-0.1, -0.05) is 0 Å². The molecule has 1 aliphatic carbocycles. The number of rotatable bonds is 5. The number of pyridine rings is 1. The number of nitrogens with two attached hydrogens (primary N) is 1. The van der Waals surface area contributed by atoms with Gasteiger partial charge in [-0.25, -0.2) is 18.2 Å².